The zero-order chi connectivity index (χ0) is 14.0. The Morgan fingerprint density at radius 3 is 2.68 bits per heavy atom. The second kappa shape index (κ2) is 5.16. The van der Waals surface area contributed by atoms with Gasteiger partial charge in [0, 0.05) is 11.4 Å². The number of benzene rings is 2. The van der Waals surface area contributed by atoms with Crippen LogP contribution in [0.4, 0.5) is 15.8 Å². The van der Waals surface area contributed by atoms with Crippen LogP contribution in [-0.4, -0.2) is 11.0 Å². The highest BCUT2D eigenvalue weighted by Crippen LogP contribution is 2.22. The summed E-state index contributed by atoms with van der Waals surface area (Å²) >= 11 is 5.61. The topological polar surface area (TPSA) is 75.3 Å². The van der Waals surface area contributed by atoms with Gasteiger partial charge in [-0.15, -0.1) is 0 Å². The van der Waals surface area contributed by atoms with Crippen molar-refractivity contribution < 1.29 is 14.3 Å². The molecule has 0 spiro atoms. The van der Waals surface area contributed by atoms with Gasteiger partial charge in [-0.1, -0.05) is 11.6 Å². The van der Waals surface area contributed by atoms with E-state index in [0.29, 0.717) is 5.69 Å². The zero-order valence-electron chi connectivity index (χ0n) is 9.65. The predicted octanol–water partition coefficient (Wildman–Crippen LogP) is 3.02. The molecule has 0 saturated carbocycles. The van der Waals surface area contributed by atoms with Crippen LogP contribution in [-0.2, 0) is 0 Å². The third-order valence-electron chi connectivity index (χ3n) is 2.46. The molecule has 4 N–H and O–H groups in total. The third kappa shape index (κ3) is 2.95. The first-order valence-corrected chi connectivity index (χ1v) is 5.70. The Balaban J connectivity index is 2.25. The van der Waals surface area contributed by atoms with Gasteiger partial charge in [0.05, 0.1) is 10.6 Å². The molecule has 0 aliphatic rings. The number of hydrogen-bond donors (Lipinski definition) is 3. The standard InChI is InChI=1S/C13H10ClFN2O2/c14-10-5-7(1-3-11(10)15)17-13(19)9-6-8(18)2-4-12(9)16/h1-6,18H,16H2,(H,17,19). The summed E-state index contributed by atoms with van der Waals surface area (Å²) in [6, 6.07) is 7.84. The Morgan fingerprint density at radius 2 is 2.00 bits per heavy atom. The molecule has 2 aromatic rings. The predicted molar refractivity (Wildman–Crippen MR) is 71.9 cm³/mol. The first-order chi connectivity index (χ1) is 8.97. The molecule has 0 fully saturated rings. The molecule has 2 aromatic carbocycles. The lowest BCUT2D eigenvalue weighted by Crippen LogP contribution is -2.14. The minimum absolute atomic E-state index is 0.0727. The molecule has 98 valence electrons. The van der Waals surface area contributed by atoms with Crippen molar-refractivity contribution in [2.24, 2.45) is 0 Å². The van der Waals surface area contributed by atoms with Gasteiger partial charge in [0.25, 0.3) is 5.91 Å². The molecule has 0 heterocycles. The molecule has 0 unspecified atom stereocenters. The molecule has 2 rings (SSSR count). The van der Waals surface area contributed by atoms with Crippen LogP contribution in [0.1, 0.15) is 10.4 Å². The van der Waals surface area contributed by atoms with Crippen molar-refractivity contribution in [3.8, 4) is 5.75 Å². The fourth-order valence-corrected chi connectivity index (χ4v) is 1.69. The van der Waals surface area contributed by atoms with E-state index in [0.717, 1.165) is 6.07 Å². The maximum Gasteiger partial charge on any atom is 0.257 e. The number of nitrogens with two attached hydrogens (primary N) is 1. The number of rotatable bonds is 2. The molecule has 0 saturated heterocycles. The molecule has 19 heavy (non-hydrogen) atoms. The number of hydrogen-bond acceptors (Lipinski definition) is 3. The SMILES string of the molecule is Nc1ccc(O)cc1C(=O)Nc1ccc(F)c(Cl)c1. The van der Waals surface area contributed by atoms with Gasteiger partial charge in [0.2, 0.25) is 0 Å². The zero-order valence-corrected chi connectivity index (χ0v) is 10.4. The number of phenols is 1. The number of anilines is 2. The van der Waals surface area contributed by atoms with E-state index in [2.05, 4.69) is 5.32 Å². The fraction of sp³-hybridized carbons (Fsp3) is 0. The van der Waals surface area contributed by atoms with Crippen LogP contribution in [0.5, 0.6) is 5.75 Å². The summed E-state index contributed by atoms with van der Waals surface area (Å²) in [6.07, 6.45) is 0. The lowest BCUT2D eigenvalue weighted by Gasteiger charge is -2.08. The second-order valence-corrected chi connectivity index (χ2v) is 4.26. The average Bonchev–Trinajstić information content (AvgIpc) is 2.36. The molecular weight excluding hydrogens is 271 g/mol. The summed E-state index contributed by atoms with van der Waals surface area (Å²) in [7, 11) is 0. The number of carbonyl (C=O) groups is 1. The molecule has 0 atom stereocenters. The third-order valence-corrected chi connectivity index (χ3v) is 2.75. The van der Waals surface area contributed by atoms with Gasteiger partial charge in [-0.3, -0.25) is 4.79 Å². The van der Waals surface area contributed by atoms with Crippen LogP contribution in [0, 0.1) is 5.82 Å². The second-order valence-electron chi connectivity index (χ2n) is 3.85. The van der Waals surface area contributed by atoms with Gasteiger partial charge in [0.15, 0.2) is 0 Å². The van der Waals surface area contributed by atoms with Crippen molar-refractivity contribution in [3.63, 3.8) is 0 Å². The summed E-state index contributed by atoms with van der Waals surface area (Å²) < 4.78 is 13.0. The van der Waals surface area contributed by atoms with E-state index in [4.69, 9.17) is 17.3 Å². The average molecular weight is 281 g/mol. The number of phenolic OH excluding ortho intramolecular Hbond substituents is 1. The number of aromatic hydroxyl groups is 1. The molecular formula is C13H10ClFN2O2. The molecule has 1 amide bonds. The minimum atomic E-state index is -0.573. The van der Waals surface area contributed by atoms with Crippen molar-refractivity contribution in [1.29, 1.82) is 0 Å². The molecule has 0 aromatic heterocycles. The van der Waals surface area contributed by atoms with E-state index in [1.807, 2.05) is 0 Å². The maximum atomic E-state index is 13.0. The molecule has 6 heteroatoms. The van der Waals surface area contributed by atoms with Gasteiger partial charge in [0.1, 0.15) is 11.6 Å². The van der Waals surface area contributed by atoms with E-state index in [1.165, 1.54) is 30.3 Å². The van der Waals surface area contributed by atoms with Crippen molar-refractivity contribution in [2.45, 2.75) is 0 Å². The van der Waals surface area contributed by atoms with Crippen LogP contribution in [0.2, 0.25) is 5.02 Å². The van der Waals surface area contributed by atoms with Crippen LogP contribution in [0.25, 0.3) is 0 Å². The molecule has 0 radical (unpaired) electrons. The van der Waals surface area contributed by atoms with Crippen molar-refractivity contribution in [3.05, 3.63) is 52.8 Å². The fourth-order valence-electron chi connectivity index (χ4n) is 1.51. The highest BCUT2D eigenvalue weighted by molar-refractivity contribution is 6.31. The van der Waals surface area contributed by atoms with Crippen LogP contribution < -0.4 is 11.1 Å². The highest BCUT2D eigenvalue weighted by Gasteiger charge is 2.11. The first kappa shape index (κ1) is 13.2. The lowest BCUT2D eigenvalue weighted by atomic mass is 10.1. The van der Waals surface area contributed by atoms with Gasteiger partial charge >= 0.3 is 0 Å². The summed E-state index contributed by atoms with van der Waals surface area (Å²) in [5.74, 6) is -1.16. The monoisotopic (exact) mass is 280 g/mol. The smallest absolute Gasteiger partial charge is 0.257 e. The number of amides is 1. The maximum absolute atomic E-state index is 13.0. The van der Waals surface area contributed by atoms with E-state index < -0.39 is 11.7 Å². The minimum Gasteiger partial charge on any atom is -0.508 e. The summed E-state index contributed by atoms with van der Waals surface area (Å²) in [6.45, 7) is 0. The van der Waals surface area contributed by atoms with Gasteiger partial charge in [-0.25, -0.2) is 4.39 Å². The quantitative estimate of drug-likeness (QED) is 0.585. The van der Waals surface area contributed by atoms with Crippen molar-refractivity contribution >= 4 is 28.9 Å². The van der Waals surface area contributed by atoms with Crippen LogP contribution in [0.15, 0.2) is 36.4 Å². The molecule has 0 aliphatic carbocycles. The summed E-state index contributed by atoms with van der Waals surface area (Å²) in [5.41, 5.74) is 6.32. The van der Waals surface area contributed by atoms with E-state index >= 15 is 0 Å². The van der Waals surface area contributed by atoms with Gasteiger partial charge in [-0.2, -0.15) is 0 Å². The Labute approximate surface area is 113 Å². The largest absolute Gasteiger partial charge is 0.508 e. The van der Waals surface area contributed by atoms with Gasteiger partial charge < -0.3 is 16.2 Å². The van der Waals surface area contributed by atoms with E-state index in [9.17, 15) is 14.3 Å². The van der Waals surface area contributed by atoms with E-state index in [-0.39, 0.29) is 22.0 Å². The van der Waals surface area contributed by atoms with Crippen LogP contribution >= 0.6 is 11.6 Å². The molecule has 4 nitrogen and oxygen atoms in total. The molecule has 0 aliphatic heterocycles. The first-order valence-electron chi connectivity index (χ1n) is 5.32. The number of carbonyl (C=O) groups excluding carboxylic acids is 1. The normalized spacial score (nSPS) is 10.2. The number of nitrogen functional groups attached to an aromatic ring is 1. The number of nitrogens with one attached hydrogen (secondary N) is 1. The van der Waals surface area contributed by atoms with Crippen LogP contribution in [0.3, 0.4) is 0 Å². The lowest BCUT2D eigenvalue weighted by molar-refractivity contribution is 0.102. The Morgan fingerprint density at radius 1 is 1.26 bits per heavy atom. The molecule has 0 bridgehead atoms. The van der Waals surface area contributed by atoms with E-state index in [1.54, 1.807) is 0 Å². The Kier molecular flexibility index (Phi) is 3.57. The van der Waals surface area contributed by atoms with Crippen molar-refractivity contribution in [2.75, 3.05) is 11.1 Å². The summed E-state index contributed by atoms with van der Waals surface area (Å²) in [4.78, 5) is 11.9. The Bertz CT molecular complexity index is 647. The van der Waals surface area contributed by atoms with Gasteiger partial charge in [-0.05, 0) is 36.4 Å². The summed E-state index contributed by atoms with van der Waals surface area (Å²) in [5, 5.41) is 11.7. The van der Waals surface area contributed by atoms with Crippen molar-refractivity contribution in [1.82, 2.24) is 0 Å². The Hall–Kier alpha value is -2.27. The number of halogens is 2. The highest BCUT2D eigenvalue weighted by atomic mass is 35.5.